The van der Waals surface area contributed by atoms with Gasteiger partial charge in [0.15, 0.2) is 0 Å². The maximum absolute atomic E-state index is 13.0. The predicted octanol–water partition coefficient (Wildman–Crippen LogP) is 1.36. The number of carboxylic acid groups (broad SMARTS) is 1. The number of carbonyl (C=O) groups is 1. The second-order valence-corrected chi connectivity index (χ2v) is 4.45. The van der Waals surface area contributed by atoms with Crippen molar-refractivity contribution in [1.29, 1.82) is 0 Å². The number of hydrogen-bond donors (Lipinski definition) is 1. The molecule has 0 radical (unpaired) electrons. The van der Waals surface area contributed by atoms with E-state index in [4.69, 9.17) is 5.11 Å². The van der Waals surface area contributed by atoms with E-state index in [-0.39, 0.29) is 19.5 Å². The van der Waals surface area contributed by atoms with Gasteiger partial charge in [-0.25, -0.2) is 0 Å². The van der Waals surface area contributed by atoms with E-state index < -0.39 is 30.2 Å². The number of halogens is 3. The molecule has 0 bridgehead atoms. The van der Waals surface area contributed by atoms with Crippen LogP contribution in [0.25, 0.3) is 0 Å². The van der Waals surface area contributed by atoms with Gasteiger partial charge in [0.1, 0.15) is 11.5 Å². The minimum absolute atomic E-state index is 0.121. The Morgan fingerprint density at radius 2 is 2.18 bits per heavy atom. The maximum atomic E-state index is 13.0. The van der Waals surface area contributed by atoms with Gasteiger partial charge in [-0.15, -0.1) is 0 Å². The summed E-state index contributed by atoms with van der Waals surface area (Å²) >= 11 is 0. The molecule has 0 aromatic carbocycles. The molecule has 1 heterocycles. The average molecular weight is 255 g/mol. The first kappa shape index (κ1) is 14.2. The van der Waals surface area contributed by atoms with Crippen LogP contribution < -0.4 is 0 Å². The van der Waals surface area contributed by atoms with E-state index in [1.165, 1.54) is 18.9 Å². The lowest BCUT2D eigenvalue weighted by molar-refractivity contribution is -0.233. The van der Waals surface area contributed by atoms with Gasteiger partial charge in [0.2, 0.25) is 0 Å². The van der Waals surface area contributed by atoms with Gasteiger partial charge in [-0.1, -0.05) is 0 Å². The first-order chi connectivity index (χ1) is 7.73. The predicted molar refractivity (Wildman–Crippen MR) is 53.7 cm³/mol. The highest BCUT2D eigenvalue weighted by molar-refractivity contribution is 5.72. The van der Waals surface area contributed by atoms with Crippen LogP contribution in [0.1, 0.15) is 13.3 Å². The molecule has 1 aliphatic rings. The van der Waals surface area contributed by atoms with Crippen molar-refractivity contribution in [2.24, 2.45) is 5.41 Å². The Bertz CT molecular complexity index is 295. The van der Waals surface area contributed by atoms with Gasteiger partial charge in [0, 0.05) is 20.2 Å². The Labute approximate surface area is 97.3 Å². The molecule has 0 aliphatic carbocycles. The third kappa shape index (κ3) is 2.71. The fourth-order valence-electron chi connectivity index (χ4n) is 2.10. The first-order valence-electron chi connectivity index (χ1n) is 5.26. The molecule has 17 heavy (non-hydrogen) atoms. The second-order valence-electron chi connectivity index (χ2n) is 4.45. The van der Waals surface area contributed by atoms with Crippen molar-refractivity contribution in [2.75, 3.05) is 26.8 Å². The summed E-state index contributed by atoms with van der Waals surface area (Å²) in [5.41, 5.74) is -1.94. The number of rotatable bonds is 4. The molecular weight excluding hydrogens is 239 g/mol. The highest BCUT2D eigenvalue weighted by Crippen LogP contribution is 2.46. The number of ether oxygens (including phenoxy) is 1. The number of nitrogens with zero attached hydrogens (tertiary/aromatic N) is 1. The SMILES string of the molecule is COC[C@]1(C(F)(F)F)CCN([C@@H](C)C(=O)O)C1. The molecule has 4 nitrogen and oxygen atoms in total. The summed E-state index contributed by atoms with van der Waals surface area (Å²) in [4.78, 5) is 12.1. The molecule has 100 valence electrons. The molecule has 0 saturated carbocycles. The van der Waals surface area contributed by atoms with Gasteiger partial charge in [0.25, 0.3) is 0 Å². The zero-order chi connectivity index (χ0) is 13.3. The van der Waals surface area contributed by atoms with E-state index >= 15 is 0 Å². The Kier molecular flexibility index (Phi) is 4.03. The van der Waals surface area contributed by atoms with Gasteiger partial charge in [-0.2, -0.15) is 13.2 Å². The minimum atomic E-state index is -4.38. The number of hydrogen-bond acceptors (Lipinski definition) is 3. The van der Waals surface area contributed by atoms with Crippen LogP contribution in [-0.2, 0) is 9.53 Å². The van der Waals surface area contributed by atoms with Crippen LogP contribution in [0.3, 0.4) is 0 Å². The maximum Gasteiger partial charge on any atom is 0.397 e. The van der Waals surface area contributed by atoms with E-state index in [9.17, 15) is 18.0 Å². The van der Waals surface area contributed by atoms with Crippen LogP contribution >= 0.6 is 0 Å². The average Bonchev–Trinajstić information content (AvgIpc) is 2.62. The monoisotopic (exact) mass is 255 g/mol. The molecule has 0 unspecified atom stereocenters. The van der Waals surface area contributed by atoms with Gasteiger partial charge in [-0.05, 0) is 13.3 Å². The lowest BCUT2D eigenvalue weighted by Gasteiger charge is -2.31. The summed E-state index contributed by atoms with van der Waals surface area (Å²) in [5, 5.41) is 8.79. The molecule has 2 atom stereocenters. The van der Waals surface area contributed by atoms with Crippen LogP contribution in [0, 0.1) is 5.41 Å². The lowest BCUT2D eigenvalue weighted by Crippen LogP contribution is -2.46. The third-order valence-electron chi connectivity index (χ3n) is 3.31. The Balaban J connectivity index is 2.82. The Hall–Kier alpha value is -0.820. The van der Waals surface area contributed by atoms with E-state index in [0.717, 1.165) is 0 Å². The van der Waals surface area contributed by atoms with Gasteiger partial charge in [-0.3, -0.25) is 9.69 Å². The summed E-state index contributed by atoms with van der Waals surface area (Å²) in [5.74, 6) is -1.11. The first-order valence-corrected chi connectivity index (χ1v) is 5.26. The molecule has 1 N–H and O–H groups in total. The fraction of sp³-hybridized carbons (Fsp3) is 0.900. The topological polar surface area (TPSA) is 49.8 Å². The smallest absolute Gasteiger partial charge is 0.397 e. The van der Waals surface area contributed by atoms with Gasteiger partial charge < -0.3 is 9.84 Å². The van der Waals surface area contributed by atoms with Crippen LogP contribution in [0.4, 0.5) is 13.2 Å². The van der Waals surface area contributed by atoms with Crippen molar-refractivity contribution in [3.63, 3.8) is 0 Å². The summed E-state index contributed by atoms with van der Waals surface area (Å²) < 4.78 is 43.6. The van der Waals surface area contributed by atoms with Crippen molar-refractivity contribution in [1.82, 2.24) is 4.90 Å². The molecule has 0 spiro atoms. The molecule has 1 aliphatic heterocycles. The number of methoxy groups -OCH3 is 1. The minimum Gasteiger partial charge on any atom is -0.480 e. The fourth-order valence-corrected chi connectivity index (χ4v) is 2.10. The standard InChI is InChI=1S/C10H16F3NO3/c1-7(8(15)16)14-4-3-9(5-14,6-17-2)10(11,12)13/h7H,3-6H2,1-2H3,(H,15,16)/t7-,9-/m0/s1. The van der Waals surface area contributed by atoms with Crippen molar-refractivity contribution >= 4 is 5.97 Å². The molecule has 0 amide bonds. The normalized spacial score (nSPS) is 28.3. The van der Waals surface area contributed by atoms with Crippen LogP contribution in [0.2, 0.25) is 0 Å². The van der Waals surface area contributed by atoms with Gasteiger partial charge in [0.05, 0.1) is 6.61 Å². The van der Waals surface area contributed by atoms with Crippen LogP contribution in [0.5, 0.6) is 0 Å². The quantitative estimate of drug-likeness (QED) is 0.824. The highest BCUT2D eigenvalue weighted by Gasteiger charge is 2.58. The number of alkyl halides is 3. The van der Waals surface area contributed by atoms with Crippen molar-refractivity contribution in [2.45, 2.75) is 25.6 Å². The third-order valence-corrected chi connectivity index (χ3v) is 3.31. The number of carboxylic acids is 1. The summed E-state index contributed by atoms with van der Waals surface area (Å²) in [6, 6.07) is -0.906. The molecule has 7 heteroatoms. The Morgan fingerprint density at radius 1 is 1.59 bits per heavy atom. The molecule has 0 aromatic rings. The summed E-state index contributed by atoms with van der Waals surface area (Å²) in [6.45, 7) is 0.759. The molecular formula is C10H16F3NO3. The van der Waals surface area contributed by atoms with Crippen molar-refractivity contribution < 1.29 is 27.8 Å². The Morgan fingerprint density at radius 3 is 2.59 bits per heavy atom. The zero-order valence-electron chi connectivity index (χ0n) is 9.75. The van der Waals surface area contributed by atoms with E-state index in [2.05, 4.69) is 4.74 Å². The van der Waals surface area contributed by atoms with Gasteiger partial charge >= 0.3 is 12.1 Å². The van der Waals surface area contributed by atoms with E-state index in [1.54, 1.807) is 0 Å². The number of aliphatic carboxylic acids is 1. The van der Waals surface area contributed by atoms with Crippen LogP contribution in [-0.4, -0.2) is 55.0 Å². The van der Waals surface area contributed by atoms with E-state index in [0.29, 0.717) is 0 Å². The summed E-state index contributed by atoms with van der Waals surface area (Å²) in [6.07, 6.45) is -4.50. The number of likely N-dealkylation sites (tertiary alicyclic amines) is 1. The zero-order valence-corrected chi connectivity index (χ0v) is 9.75. The highest BCUT2D eigenvalue weighted by atomic mass is 19.4. The summed E-state index contributed by atoms with van der Waals surface area (Å²) in [7, 11) is 1.22. The molecule has 1 saturated heterocycles. The van der Waals surface area contributed by atoms with E-state index in [1.807, 2.05) is 0 Å². The lowest BCUT2D eigenvalue weighted by atomic mass is 9.87. The van der Waals surface area contributed by atoms with Crippen molar-refractivity contribution in [3.05, 3.63) is 0 Å². The van der Waals surface area contributed by atoms with Crippen molar-refractivity contribution in [3.8, 4) is 0 Å². The second kappa shape index (κ2) is 4.81. The molecule has 1 rings (SSSR count). The molecule has 0 aromatic heterocycles. The molecule has 1 fully saturated rings. The largest absolute Gasteiger partial charge is 0.480 e. The van der Waals surface area contributed by atoms with Crippen LogP contribution in [0.15, 0.2) is 0 Å².